The third-order valence-corrected chi connectivity index (χ3v) is 8.77. The molecule has 0 spiro atoms. The highest BCUT2D eigenvalue weighted by molar-refractivity contribution is 7.89. The van der Waals surface area contributed by atoms with Gasteiger partial charge in [0, 0.05) is 30.9 Å². The van der Waals surface area contributed by atoms with E-state index in [1.807, 2.05) is 44.2 Å². The molecule has 2 aliphatic rings. The molecular weight excluding hydrogens is 492 g/mol. The average molecular weight is 523 g/mol. The summed E-state index contributed by atoms with van der Waals surface area (Å²) in [5.74, 6) is 2.45. The summed E-state index contributed by atoms with van der Waals surface area (Å²) in [5.41, 5.74) is 5.35. The molecule has 1 N–H and O–H groups in total. The Bertz CT molecular complexity index is 1540. The van der Waals surface area contributed by atoms with Crippen LogP contribution >= 0.6 is 0 Å². The fourth-order valence-electron chi connectivity index (χ4n) is 5.44. The van der Waals surface area contributed by atoms with Crippen LogP contribution in [0, 0.1) is 13.8 Å². The Kier molecular flexibility index (Phi) is 5.91. The predicted molar refractivity (Wildman–Crippen MR) is 140 cm³/mol. The number of imidazole rings is 1. The van der Waals surface area contributed by atoms with Crippen LogP contribution < -0.4 is 14.4 Å². The first-order valence-electron chi connectivity index (χ1n) is 12.6. The van der Waals surface area contributed by atoms with Crippen LogP contribution in [0.4, 0.5) is 5.95 Å². The summed E-state index contributed by atoms with van der Waals surface area (Å²) < 4.78 is 41.2. The number of anilines is 1. The molecule has 0 saturated carbocycles. The average Bonchev–Trinajstić information content (AvgIpc) is 3.46. The van der Waals surface area contributed by atoms with Crippen molar-refractivity contribution >= 4 is 27.0 Å². The standard InChI is InChI=1S/C26H30N6O4S/c1-4-37(33,34)30-18-10-13-31(14-11-18)26-28-21-9-8-19(23-16(2)29-36-17(23)3)25-24(21)32(26)22(15-35-25)20-7-5-6-12-27-20/h5-9,12,18,22,30H,4,10-11,13-15H2,1-3H3. The maximum atomic E-state index is 12.1. The van der Waals surface area contributed by atoms with Gasteiger partial charge in [-0.1, -0.05) is 11.2 Å². The Morgan fingerprint density at radius 2 is 1.95 bits per heavy atom. The second-order valence-electron chi connectivity index (χ2n) is 9.65. The molecule has 1 atom stereocenters. The topological polar surface area (TPSA) is 115 Å². The third kappa shape index (κ3) is 4.15. The zero-order valence-electron chi connectivity index (χ0n) is 21.1. The lowest BCUT2D eigenvalue weighted by Gasteiger charge is -2.35. The fourth-order valence-corrected chi connectivity index (χ4v) is 6.35. The van der Waals surface area contributed by atoms with Gasteiger partial charge < -0.3 is 14.2 Å². The Hall–Kier alpha value is -3.44. The van der Waals surface area contributed by atoms with Gasteiger partial charge in [0.15, 0.2) is 5.75 Å². The molecule has 4 aromatic rings. The smallest absolute Gasteiger partial charge is 0.211 e. The number of ether oxygens (including phenoxy) is 1. The molecule has 194 valence electrons. The van der Waals surface area contributed by atoms with E-state index >= 15 is 0 Å². The number of hydrogen-bond donors (Lipinski definition) is 1. The van der Waals surface area contributed by atoms with Crippen LogP contribution in [-0.4, -0.2) is 59.6 Å². The Labute approximate surface area is 215 Å². The number of sulfonamides is 1. The molecule has 3 aromatic heterocycles. The summed E-state index contributed by atoms with van der Waals surface area (Å²) in [6, 6.07) is 9.73. The molecule has 10 nitrogen and oxygen atoms in total. The van der Waals surface area contributed by atoms with Gasteiger partial charge in [0.2, 0.25) is 16.0 Å². The number of piperidine rings is 1. The van der Waals surface area contributed by atoms with Crippen molar-refractivity contribution in [2.75, 3.05) is 30.3 Å². The molecule has 1 aromatic carbocycles. The lowest BCUT2D eigenvalue weighted by Crippen LogP contribution is -2.46. The van der Waals surface area contributed by atoms with E-state index in [2.05, 4.69) is 24.3 Å². The summed E-state index contributed by atoms with van der Waals surface area (Å²) in [6.07, 6.45) is 3.22. The second kappa shape index (κ2) is 9.14. The Morgan fingerprint density at radius 3 is 2.62 bits per heavy atom. The highest BCUT2D eigenvalue weighted by Gasteiger charge is 2.34. The molecule has 5 heterocycles. The zero-order chi connectivity index (χ0) is 25.7. The van der Waals surface area contributed by atoms with E-state index in [-0.39, 0.29) is 17.8 Å². The normalized spacial score (nSPS) is 18.4. The molecule has 1 fully saturated rings. The molecule has 1 unspecified atom stereocenters. The van der Waals surface area contributed by atoms with Crippen molar-refractivity contribution in [1.29, 1.82) is 0 Å². The molecule has 6 rings (SSSR count). The van der Waals surface area contributed by atoms with Crippen molar-refractivity contribution < 1.29 is 17.7 Å². The van der Waals surface area contributed by atoms with Crippen LogP contribution in [0.3, 0.4) is 0 Å². The van der Waals surface area contributed by atoms with Gasteiger partial charge >= 0.3 is 0 Å². The number of nitrogens with zero attached hydrogens (tertiary/aromatic N) is 5. The van der Waals surface area contributed by atoms with E-state index in [1.54, 1.807) is 13.1 Å². The molecule has 2 aliphatic heterocycles. The first-order chi connectivity index (χ1) is 17.9. The maximum Gasteiger partial charge on any atom is 0.211 e. The minimum absolute atomic E-state index is 0.0661. The van der Waals surface area contributed by atoms with E-state index in [0.29, 0.717) is 32.5 Å². The number of benzene rings is 1. The van der Waals surface area contributed by atoms with Gasteiger partial charge in [-0.15, -0.1) is 0 Å². The number of aromatic nitrogens is 4. The van der Waals surface area contributed by atoms with E-state index in [9.17, 15) is 8.42 Å². The van der Waals surface area contributed by atoms with Gasteiger partial charge in [0.05, 0.1) is 28.2 Å². The van der Waals surface area contributed by atoms with E-state index in [1.165, 1.54) is 0 Å². The number of rotatable bonds is 6. The van der Waals surface area contributed by atoms with Crippen LogP contribution in [0.15, 0.2) is 41.1 Å². The highest BCUT2D eigenvalue weighted by Crippen LogP contribution is 2.46. The Morgan fingerprint density at radius 1 is 1.14 bits per heavy atom. The number of aryl methyl sites for hydroxylation is 2. The number of hydrogen-bond acceptors (Lipinski definition) is 8. The fraction of sp³-hybridized carbons (Fsp3) is 0.423. The van der Waals surface area contributed by atoms with Gasteiger partial charge in [-0.3, -0.25) is 9.55 Å². The summed E-state index contributed by atoms with van der Waals surface area (Å²) in [5, 5.41) is 4.15. The number of nitrogens with one attached hydrogen (secondary N) is 1. The number of pyridine rings is 1. The first-order valence-corrected chi connectivity index (χ1v) is 14.3. The largest absolute Gasteiger partial charge is 0.488 e. The summed E-state index contributed by atoms with van der Waals surface area (Å²) in [6.45, 7) is 7.31. The maximum absolute atomic E-state index is 12.1. The van der Waals surface area contributed by atoms with Gasteiger partial charge in [0.1, 0.15) is 23.9 Å². The molecule has 0 bridgehead atoms. The molecular formula is C26H30N6O4S. The monoisotopic (exact) mass is 522 g/mol. The van der Waals surface area contributed by atoms with E-state index in [0.717, 1.165) is 51.0 Å². The van der Waals surface area contributed by atoms with Crippen molar-refractivity contribution in [2.24, 2.45) is 0 Å². The van der Waals surface area contributed by atoms with Gasteiger partial charge in [0.25, 0.3) is 0 Å². The van der Waals surface area contributed by atoms with Crippen molar-refractivity contribution in [3.8, 4) is 16.9 Å². The first kappa shape index (κ1) is 23.9. The van der Waals surface area contributed by atoms with Crippen molar-refractivity contribution in [2.45, 2.75) is 45.7 Å². The van der Waals surface area contributed by atoms with Crippen LogP contribution in [0.2, 0.25) is 0 Å². The van der Waals surface area contributed by atoms with E-state index < -0.39 is 10.0 Å². The van der Waals surface area contributed by atoms with Crippen LogP contribution in [0.1, 0.15) is 43.0 Å². The quantitative estimate of drug-likeness (QED) is 0.409. The molecule has 0 radical (unpaired) electrons. The van der Waals surface area contributed by atoms with Gasteiger partial charge in [-0.05, 0) is 57.9 Å². The van der Waals surface area contributed by atoms with Crippen molar-refractivity contribution in [3.05, 3.63) is 53.7 Å². The second-order valence-corrected chi connectivity index (χ2v) is 11.7. The van der Waals surface area contributed by atoms with Crippen LogP contribution in [0.25, 0.3) is 22.2 Å². The zero-order valence-corrected chi connectivity index (χ0v) is 22.0. The molecule has 37 heavy (non-hydrogen) atoms. The minimum atomic E-state index is -3.24. The molecule has 0 amide bonds. The van der Waals surface area contributed by atoms with Crippen molar-refractivity contribution in [1.82, 2.24) is 24.4 Å². The SMILES string of the molecule is CCS(=O)(=O)NC1CCN(c2nc3ccc(-c4c(C)noc4C)c4c3n2C(c2ccccn2)CO4)CC1. The molecule has 0 aliphatic carbocycles. The highest BCUT2D eigenvalue weighted by atomic mass is 32.2. The third-order valence-electron chi connectivity index (χ3n) is 7.32. The summed E-state index contributed by atoms with van der Waals surface area (Å²) in [4.78, 5) is 12.0. The summed E-state index contributed by atoms with van der Waals surface area (Å²) in [7, 11) is -3.24. The van der Waals surface area contributed by atoms with Crippen LogP contribution in [-0.2, 0) is 10.0 Å². The van der Waals surface area contributed by atoms with E-state index in [4.69, 9.17) is 14.2 Å². The van der Waals surface area contributed by atoms with Gasteiger partial charge in [-0.25, -0.2) is 18.1 Å². The minimum Gasteiger partial charge on any atom is -0.488 e. The van der Waals surface area contributed by atoms with Gasteiger partial charge in [-0.2, -0.15) is 0 Å². The lowest BCUT2D eigenvalue weighted by molar-refractivity contribution is 0.257. The van der Waals surface area contributed by atoms with Crippen LogP contribution in [0.5, 0.6) is 5.75 Å². The Balaban J connectivity index is 1.45. The summed E-state index contributed by atoms with van der Waals surface area (Å²) >= 11 is 0. The predicted octanol–water partition coefficient (Wildman–Crippen LogP) is 3.59. The lowest BCUT2D eigenvalue weighted by atomic mass is 10.0. The van der Waals surface area contributed by atoms with Crippen molar-refractivity contribution in [3.63, 3.8) is 0 Å². The molecule has 11 heteroatoms. The molecule has 1 saturated heterocycles.